The molecule has 1 aromatic rings. The van der Waals surface area contributed by atoms with E-state index in [-0.39, 0.29) is 22.9 Å². The first-order valence-electron chi connectivity index (χ1n) is 8.66. The molecule has 8 heteroatoms. The van der Waals surface area contributed by atoms with Crippen molar-refractivity contribution in [3.63, 3.8) is 0 Å². The van der Waals surface area contributed by atoms with Crippen LogP contribution in [0.3, 0.4) is 0 Å². The number of amidine groups is 1. The third-order valence-electron chi connectivity index (χ3n) is 4.42. The van der Waals surface area contributed by atoms with E-state index in [4.69, 9.17) is 0 Å². The second-order valence-corrected chi connectivity index (χ2v) is 7.51. The summed E-state index contributed by atoms with van der Waals surface area (Å²) in [4.78, 5) is 37.7. The van der Waals surface area contributed by atoms with Crippen molar-refractivity contribution in [1.82, 2.24) is 10.3 Å². The summed E-state index contributed by atoms with van der Waals surface area (Å²) in [6.45, 7) is 7.35. The average molecular weight is 374 g/mol. The number of carbonyl (C=O) groups excluding carboxylic acids is 3. The van der Waals surface area contributed by atoms with Crippen molar-refractivity contribution < 1.29 is 14.4 Å². The van der Waals surface area contributed by atoms with Gasteiger partial charge in [-0.2, -0.15) is 5.01 Å². The fourth-order valence-electron chi connectivity index (χ4n) is 3.32. The Morgan fingerprint density at radius 3 is 2.58 bits per heavy atom. The molecule has 1 atom stereocenters. The summed E-state index contributed by atoms with van der Waals surface area (Å²) >= 11 is 1.12. The number of nitrogens with one attached hydrogen (secondary N) is 1. The highest BCUT2D eigenvalue weighted by molar-refractivity contribution is 8.15. The van der Waals surface area contributed by atoms with E-state index < -0.39 is 4.87 Å². The summed E-state index contributed by atoms with van der Waals surface area (Å²) < 4.78 is 0. The highest BCUT2D eigenvalue weighted by atomic mass is 32.2. The number of rotatable bonds is 3. The maximum atomic E-state index is 13.4. The molecule has 2 aliphatic rings. The van der Waals surface area contributed by atoms with Gasteiger partial charge in [-0.1, -0.05) is 19.9 Å². The lowest BCUT2D eigenvalue weighted by Crippen LogP contribution is -2.48. The second-order valence-electron chi connectivity index (χ2n) is 6.33. The summed E-state index contributed by atoms with van der Waals surface area (Å²) in [6, 6.07) is 5.91. The van der Waals surface area contributed by atoms with Crippen molar-refractivity contribution >= 4 is 40.3 Å². The molecule has 0 saturated heterocycles. The summed E-state index contributed by atoms with van der Waals surface area (Å²) in [5.41, 5.74) is 2.62. The molecular weight excluding hydrogens is 352 g/mol. The SMILES string of the molecule is CCCN1C(=O)[C@]2(SC(NC(C)=O)=NN2C(C)=O)c2cc(CC)ccc21. The Kier molecular flexibility index (Phi) is 4.79. The average Bonchev–Trinajstić information content (AvgIpc) is 3.07. The summed E-state index contributed by atoms with van der Waals surface area (Å²) in [6.07, 6.45) is 1.61. The van der Waals surface area contributed by atoms with E-state index in [1.165, 1.54) is 18.9 Å². The zero-order valence-corrected chi connectivity index (χ0v) is 16.1. The van der Waals surface area contributed by atoms with Gasteiger partial charge in [-0.15, -0.1) is 5.10 Å². The number of hydrogen-bond donors (Lipinski definition) is 1. The predicted octanol–water partition coefficient (Wildman–Crippen LogP) is 2.16. The van der Waals surface area contributed by atoms with Crippen LogP contribution in [0.2, 0.25) is 0 Å². The van der Waals surface area contributed by atoms with Gasteiger partial charge in [0.05, 0.1) is 5.69 Å². The number of aryl methyl sites for hydroxylation is 1. The van der Waals surface area contributed by atoms with Gasteiger partial charge in [-0.25, -0.2) is 0 Å². The Bertz CT molecular complexity index is 823. The first-order chi connectivity index (χ1) is 12.3. The number of anilines is 1. The van der Waals surface area contributed by atoms with Gasteiger partial charge in [0.1, 0.15) is 0 Å². The van der Waals surface area contributed by atoms with Crippen molar-refractivity contribution in [3.05, 3.63) is 29.3 Å². The van der Waals surface area contributed by atoms with Crippen LogP contribution in [0, 0.1) is 0 Å². The van der Waals surface area contributed by atoms with Gasteiger partial charge in [0.2, 0.25) is 16.7 Å². The first kappa shape index (κ1) is 18.4. The summed E-state index contributed by atoms with van der Waals surface area (Å²) in [5, 5.41) is 8.32. The molecule has 3 rings (SSSR count). The fraction of sp³-hybridized carbons (Fsp3) is 0.444. The molecule has 1 N–H and O–H groups in total. The molecule has 2 aliphatic heterocycles. The van der Waals surface area contributed by atoms with Crippen molar-refractivity contribution in [2.24, 2.45) is 5.10 Å². The lowest BCUT2D eigenvalue weighted by molar-refractivity contribution is -0.139. The molecule has 0 fully saturated rings. The largest absolute Gasteiger partial charge is 0.309 e. The zero-order valence-electron chi connectivity index (χ0n) is 15.3. The van der Waals surface area contributed by atoms with Crippen LogP contribution in [0.15, 0.2) is 23.3 Å². The van der Waals surface area contributed by atoms with Gasteiger partial charge in [0.25, 0.3) is 5.91 Å². The van der Waals surface area contributed by atoms with E-state index in [0.29, 0.717) is 6.54 Å². The third kappa shape index (κ3) is 2.68. The molecule has 0 radical (unpaired) electrons. The summed E-state index contributed by atoms with van der Waals surface area (Å²) in [5.74, 6) is -0.848. The number of fused-ring (bicyclic) bond motifs is 2. The van der Waals surface area contributed by atoms with Gasteiger partial charge in [-0.05, 0) is 42.3 Å². The quantitative estimate of drug-likeness (QED) is 0.879. The highest BCUT2D eigenvalue weighted by Crippen LogP contribution is 2.54. The Balaban J connectivity index is 2.18. The number of thioether (sulfide) groups is 1. The fourth-order valence-corrected chi connectivity index (χ4v) is 4.65. The minimum atomic E-state index is -1.29. The maximum absolute atomic E-state index is 13.4. The normalized spacial score (nSPS) is 21.2. The molecule has 26 heavy (non-hydrogen) atoms. The topological polar surface area (TPSA) is 82.1 Å². The van der Waals surface area contributed by atoms with Gasteiger partial charge in [0.15, 0.2) is 5.17 Å². The smallest absolute Gasteiger partial charge is 0.270 e. The van der Waals surface area contributed by atoms with E-state index in [2.05, 4.69) is 10.4 Å². The van der Waals surface area contributed by atoms with Crippen LogP contribution >= 0.6 is 11.8 Å². The summed E-state index contributed by atoms with van der Waals surface area (Å²) in [7, 11) is 0. The highest BCUT2D eigenvalue weighted by Gasteiger charge is 2.61. The molecule has 0 aromatic heterocycles. The van der Waals surface area contributed by atoms with Crippen LogP contribution in [-0.4, -0.2) is 34.4 Å². The number of hydrogen-bond acceptors (Lipinski definition) is 5. The molecule has 0 saturated carbocycles. The minimum absolute atomic E-state index is 0.202. The maximum Gasteiger partial charge on any atom is 0.270 e. The Morgan fingerprint density at radius 2 is 2.00 bits per heavy atom. The van der Waals surface area contributed by atoms with Crippen molar-refractivity contribution in [1.29, 1.82) is 0 Å². The van der Waals surface area contributed by atoms with Gasteiger partial charge in [0, 0.05) is 26.0 Å². The van der Waals surface area contributed by atoms with E-state index >= 15 is 0 Å². The first-order valence-corrected chi connectivity index (χ1v) is 9.48. The Hall–Kier alpha value is -2.35. The van der Waals surface area contributed by atoms with Crippen LogP contribution in [0.5, 0.6) is 0 Å². The zero-order chi connectivity index (χ0) is 19.1. The standard InChI is InChI=1S/C18H22N4O3S/c1-5-9-21-15-8-7-13(6-2)10-14(15)18(16(21)25)22(12(4)24)20-17(26-18)19-11(3)23/h7-8,10H,5-6,9H2,1-4H3,(H,19,20,23)/t18-/m1/s1. The van der Waals surface area contributed by atoms with E-state index in [1.807, 2.05) is 32.0 Å². The van der Waals surface area contributed by atoms with Crippen LogP contribution in [0.4, 0.5) is 5.69 Å². The van der Waals surface area contributed by atoms with Crippen molar-refractivity contribution in [3.8, 4) is 0 Å². The number of nitrogens with zero attached hydrogens (tertiary/aromatic N) is 3. The van der Waals surface area contributed by atoms with E-state index in [1.54, 1.807) is 4.90 Å². The van der Waals surface area contributed by atoms with E-state index in [0.717, 1.165) is 41.4 Å². The molecule has 2 heterocycles. The number of amides is 3. The third-order valence-corrected chi connectivity index (χ3v) is 5.66. The van der Waals surface area contributed by atoms with Crippen LogP contribution < -0.4 is 10.2 Å². The van der Waals surface area contributed by atoms with Crippen LogP contribution in [0.1, 0.15) is 45.2 Å². The lowest BCUT2D eigenvalue weighted by Gasteiger charge is -2.29. The minimum Gasteiger partial charge on any atom is -0.309 e. The van der Waals surface area contributed by atoms with Crippen LogP contribution in [0.25, 0.3) is 0 Å². The number of hydrazone groups is 1. The molecule has 0 unspecified atom stereocenters. The Morgan fingerprint density at radius 1 is 1.27 bits per heavy atom. The molecule has 0 aliphatic carbocycles. The Labute approximate surface area is 156 Å². The van der Waals surface area contributed by atoms with Crippen LogP contribution in [-0.2, 0) is 25.7 Å². The molecule has 1 aromatic carbocycles. The lowest BCUT2D eigenvalue weighted by atomic mass is 10.0. The molecular formula is C18H22N4O3S. The molecule has 0 bridgehead atoms. The predicted molar refractivity (Wildman–Crippen MR) is 102 cm³/mol. The van der Waals surface area contributed by atoms with E-state index in [9.17, 15) is 14.4 Å². The number of benzene rings is 1. The monoisotopic (exact) mass is 374 g/mol. The van der Waals surface area contributed by atoms with Gasteiger partial charge < -0.3 is 10.2 Å². The van der Waals surface area contributed by atoms with Gasteiger partial charge >= 0.3 is 0 Å². The molecule has 1 spiro atoms. The molecule has 138 valence electrons. The number of carbonyl (C=O) groups is 3. The van der Waals surface area contributed by atoms with Crippen molar-refractivity contribution in [2.75, 3.05) is 11.4 Å². The second kappa shape index (κ2) is 6.75. The van der Waals surface area contributed by atoms with Gasteiger partial charge in [-0.3, -0.25) is 14.4 Å². The molecule has 7 nitrogen and oxygen atoms in total. The molecule has 3 amide bonds. The van der Waals surface area contributed by atoms with Crippen molar-refractivity contribution in [2.45, 2.75) is 45.4 Å².